The minimum Gasteiger partial charge on any atom is -0.342 e. The molecule has 0 aromatic heterocycles. The minimum atomic E-state index is 0.352. The van der Waals surface area contributed by atoms with Gasteiger partial charge in [0.15, 0.2) is 0 Å². The Morgan fingerprint density at radius 1 is 1.16 bits per heavy atom. The number of hydrogen-bond acceptors (Lipinski definition) is 3. The molecule has 0 aliphatic carbocycles. The first kappa shape index (κ1) is 16.8. The van der Waals surface area contributed by atoms with E-state index in [0.29, 0.717) is 16.9 Å². The first-order chi connectivity index (χ1) is 9.27. The average molecular weight is 286 g/mol. The van der Waals surface area contributed by atoms with Crippen molar-refractivity contribution in [3.63, 3.8) is 0 Å². The Morgan fingerprint density at radius 2 is 1.74 bits per heavy atom. The van der Waals surface area contributed by atoms with Crippen LogP contribution in [-0.4, -0.2) is 48.0 Å². The topological polar surface area (TPSA) is 32.3 Å². The SMILES string of the molecule is CCCCN(CCCC)C(=O)CSC1CCNCC1. The number of nitrogens with one attached hydrogen (secondary N) is 1. The van der Waals surface area contributed by atoms with Crippen LogP contribution in [-0.2, 0) is 4.79 Å². The minimum absolute atomic E-state index is 0.352. The van der Waals surface area contributed by atoms with Crippen LogP contribution in [0.2, 0.25) is 0 Å². The first-order valence-corrected chi connectivity index (χ1v) is 8.92. The fourth-order valence-corrected chi connectivity index (χ4v) is 3.43. The maximum atomic E-state index is 12.3. The van der Waals surface area contributed by atoms with E-state index in [4.69, 9.17) is 0 Å². The molecule has 1 rings (SSSR count). The van der Waals surface area contributed by atoms with Crippen molar-refractivity contribution in [2.45, 2.75) is 57.6 Å². The van der Waals surface area contributed by atoms with Gasteiger partial charge in [-0.15, -0.1) is 11.8 Å². The van der Waals surface area contributed by atoms with Gasteiger partial charge in [0.2, 0.25) is 5.91 Å². The standard InChI is InChI=1S/C15H30N2OS/c1-3-5-11-17(12-6-4-2)15(18)13-19-14-7-9-16-10-8-14/h14,16H,3-13H2,1-2H3. The molecule has 1 amide bonds. The highest BCUT2D eigenvalue weighted by molar-refractivity contribution is 8.00. The lowest BCUT2D eigenvalue weighted by Crippen LogP contribution is -2.35. The molecule has 0 atom stereocenters. The van der Waals surface area contributed by atoms with Crippen molar-refractivity contribution in [3.05, 3.63) is 0 Å². The second-order valence-corrected chi connectivity index (χ2v) is 6.64. The second-order valence-electron chi connectivity index (χ2n) is 5.35. The summed E-state index contributed by atoms with van der Waals surface area (Å²) in [5.74, 6) is 1.03. The lowest BCUT2D eigenvalue weighted by atomic mass is 10.2. The number of piperidine rings is 1. The number of carbonyl (C=O) groups is 1. The largest absolute Gasteiger partial charge is 0.342 e. The van der Waals surface area contributed by atoms with Crippen molar-refractivity contribution < 1.29 is 4.79 Å². The summed E-state index contributed by atoms with van der Waals surface area (Å²) in [4.78, 5) is 14.4. The van der Waals surface area contributed by atoms with Crippen molar-refractivity contribution in [3.8, 4) is 0 Å². The molecule has 1 fully saturated rings. The van der Waals surface area contributed by atoms with E-state index in [0.717, 1.165) is 51.9 Å². The van der Waals surface area contributed by atoms with E-state index in [1.807, 2.05) is 11.8 Å². The maximum Gasteiger partial charge on any atom is 0.232 e. The summed E-state index contributed by atoms with van der Waals surface area (Å²) in [7, 11) is 0. The van der Waals surface area contributed by atoms with Crippen LogP contribution in [0.25, 0.3) is 0 Å². The van der Waals surface area contributed by atoms with Gasteiger partial charge in [-0.2, -0.15) is 0 Å². The molecule has 0 aromatic rings. The van der Waals surface area contributed by atoms with Gasteiger partial charge < -0.3 is 10.2 Å². The van der Waals surface area contributed by atoms with Crippen molar-refractivity contribution >= 4 is 17.7 Å². The second kappa shape index (κ2) is 10.6. The van der Waals surface area contributed by atoms with E-state index < -0.39 is 0 Å². The molecule has 0 saturated carbocycles. The molecular formula is C15H30N2OS. The quantitative estimate of drug-likeness (QED) is 0.707. The van der Waals surface area contributed by atoms with E-state index in [9.17, 15) is 4.79 Å². The Morgan fingerprint density at radius 3 is 2.26 bits per heavy atom. The highest BCUT2D eigenvalue weighted by atomic mass is 32.2. The predicted molar refractivity (Wildman–Crippen MR) is 84.7 cm³/mol. The summed E-state index contributed by atoms with van der Waals surface area (Å²) in [5.41, 5.74) is 0. The van der Waals surface area contributed by atoms with Gasteiger partial charge in [0, 0.05) is 18.3 Å². The van der Waals surface area contributed by atoms with Crippen molar-refractivity contribution in [2.24, 2.45) is 0 Å². The summed E-state index contributed by atoms with van der Waals surface area (Å²) in [5, 5.41) is 4.06. The van der Waals surface area contributed by atoms with Crippen molar-refractivity contribution in [1.29, 1.82) is 0 Å². The number of unbranched alkanes of at least 4 members (excludes halogenated alkanes) is 2. The molecule has 112 valence electrons. The Balaban J connectivity index is 2.28. The van der Waals surface area contributed by atoms with Crippen LogP contribution < -0.4 is 5.32 Å². The summed E-state index contributed by atoms with van der Waals surface area (Å²) < 4.78 is 0. The number of nitrogens with zero attached hydrogens (tertiary/aromatic N) is 1. The van der Waals surface area contributed by atoms with E-state index in [1.165, 1.54) is 12.8 Å². The van der Waals surface area contributed by atoms with Gasteiger partial charge in [-0.05, 0) is 38.8 Å². The summed E-state index contributed by atoms with van der Waals surface area (Å²) in [6, 6.07) is 0. The monoisotopic (exact) mass is 286 g/mol. The van der Waals surface area contributed by atoms with Crippen LogP contribution in [0.5, 0.6) is 0 Å². The number of thioether (sulfide) groups is 1. The molecule has 0 unspecified atom stereocenters. The van der Waals surface area contributed by atoms with E-state index in [1.54, 1.807) is 0 Å². The smallest absolute Gasteiger partial charge is 0.232 e. The first-order valence-electron chi connectivity index (χ1n) is 7.88. The van der Waals surface area contributed by atoms with E-state index in [2.05, 4.69) is 24.1 Å². The molecule has 1 saturated heterocycles. The zero-order chi connectivity index (χ0) is 13.9. The third kappa shape index (κ3) is 7.21. The molecular weight excluding hydrogens is 256 g/mol. The molecule has 0 bridgehead atoms. The van der Waals surface area contributed by atoms with Crippen LogP contribution in [0.4, 0.5) is 0 Å². The molecule has 0 radical (unpaired) electrons. The highest BCUT2D eigenvalue weighted by Crippen LogP contribution is 2.20. The predicted octanol–water partition coefficient (Wildman–Crippen LogP) is 2.90. The Kier molecular flexibility index (Phi) is 9.35. The van der Waals surface area contributed by atoms with Crippen molar-refractivity contribution in [1.82, 2.24) is 10.2 Å². The summed E-state index contributed by atoms with van der Waals surface area (Å²) in [6.45, 7) is 8.49. The zero-order valence-corrected chi connectivity index (χ0v) is 13.4. The summed E-state index contributed by atoms with van der Waals surface area (Å²) in [6.07, 6.45) is 7.01. The number of rotatable bonds is 9. The van der Waals surface area contributed by atoms with Gasteiger partial charge in [-0.25, -0.2) is 0 Å². The van der Waals surface area contributed by atoms with E-state index in [-0.39, 0.29) is 0 Å². The molecule has 4 heteroatoms. The molecule has 0 aromatic carbocycles. The molecule has 3 nitrogen and oxygen atoms in total. The zero-order valence-electron chi connectivity index (χ0n) is 12.6. The summed E-state index contributed by atoms with van der Waals surface area (Å²) >= 11 is 1.87. The van der Waals surface area contributed by atoms with Gasteiger partial charge in [-0.3, -0.25) is 4.79 Å². The molecule has 1 heterocycles. The van der Waals surface area contributed by atoms with Crippen LogP contribution >= 0.6 is 11.8 Å². The molecule has 0 spiro atoms. The number of carbonyl (C=O) groups excluding carboxylic acids is 1. The van der Waals surface area contributed by atoms with Gasteiger partial charge in [0.25, 0.3) is 0 Å². The van der Waals surface area contributed by atoms with Gasteiger partial charge in [-0.1, -0.05) is 26.7 Å². The third-order valence-corrected chi connectivity index (χ3v) is 5.00. The van der Waals surface area contributed by atoms with Crippen molar-refractivity contribution in [2.75, 3.05) is 31.9 Å². The highest BCUT2D eigenvalue weighted by Gasteiger charge is 2.17. The average Bonchev–Trinajstić information content (AvgIpc) is 2.46. The lowest BCUT2D eigenvalue weighted by Gasteiger charge is -2.25. The molecule has 19 heavy (non-hydrogen) atoms. The number of amides is 1. The van der Waals surface area contributed by atoms with Gasteiger partial charge >= 0.3 is 0 Å². The Labute approximate surface area is 122 Å². The van der Waals surface area contributed by atoms with Crippen LogP contribution in [0, 0.1) is 0 Å². The molecule has 1 aliphatic rings. The van der Waals surface area contributed by atoms with Crippen LogP contribution in [0.1, 0.15) is 52.4 Å². The normalized spacial score (nSPS) is 16.5. The number of hydrogen-bond donors (Lipinski definition) is 1. The lowest BCUT2D eigenvalue weighted by molar-refractivity contribution is -0.128. The van der Waals surface area contributed by atoms with E-state index >= 15 is 0 Å². The fourth-order valence-electron chi connectivity index (χ4n) is 2.30. The van der Waals surface area contributed by atoms with Crippen LogP contribution in [0.3, 0.4) is 0 Å². The fraction of sp³-hybridized carbons (Fsp3) is 0.933. The van der Waals surface area contributed by atoms with Gasteiger partial charge in [0.05, 0.1) is 5.75 Å². The molecule has 1 N–H and O–H groups in total. The third-order valence-electron chi connectivity index (χ3n) is 3.64. The molecule has 1 aliphatic heterocycles. The van der Waals surface area contributed by atoms with Crippen LogP contribution in [0.15, 0.2) is 0 Å². The Hall–Kier alpha value is -0.220. The Bertz CT molecular complexity index is 234. The maximum absolute atomic E-state index is 12.3. The van der Waals surface area contributed by atoms with Gasteiger partial charge in [0.1, 0.15) is 0 Å².